The Morgan fingerprint density at radius 1 is 0.967 bits per heavy atom. The molecule has 0 aliphatic heterocycles. The molecule has 1 atom stereocenters. The van der Waals surface area contributed by atoms with Crippen LogP contribution in [0.2, 0.25) is 0 Å². The average molecular weight is 429 g/mol. The Morgan fingerprint density at radius 2 is 1.67 bits per heavy atom. The summed E-state index contributed by atoms with van der Waals surface area (Å²) in [6.07, 6.45) is 0. The van der Waals surface area contributed by atoms with E-state index in [0.29, 0.717) is 12.4 Å². The van der Waals surface area contributed by atoms with Gasteiger partial charge in [0.1, 0.15) is 12.0 Å². The van der Waals surface area contributed by atoms with Crippen molar-refractivity contribution in [1.29, 1.82) is 0 Å². The third-order valence-corrected chi connectivity index (χ3v) is 6.20. The fourth-order valence-corrected chi connectivity index (χ4v) is 3.68. The maximum Gasteiger partial charge on any atom is 0.318 e. The van der Waals surface area contributed by atoms with E-state index in [2.05, 4.69) is 13.8 Å². The zero-order valence-electron chi connectivity index (χ0n) is 18.6. The molecule has 0 heterocycles. The van der Waals surface area contributed by atoms with Gasteiger partial charge >= 0.3 is 5.97 Å². The van der Waals surface area contributed by atoms with Crippen molar-refractivity contribution in [3.63, 3.8) is 0 Å². The zero-order valence-corrected chi connectivity index (χ0v) is 19.4. The maximum absolute atomic E-state index is 13.2. The predicted molar refractivity (Wildman–Crippen MR) is 123 cm³/mol. The van der Waals surface area contributed by atoms with Crippen molar-refractivity contribution in [2.75, 3.05) is 19.0 Å². The van der Waals surface area contributed by atoms with Gasteiger partial charge in [-0.2, -0.15) is 0 Å². The molecule has 0 bridgehead atoms. The monoisotopic (exact) mass is 428 g/mol. The second kappa shape index (κ2) is 10.8. The zero-order chi connectivity index (χ0) is 22.2. The SMILES string of the molecule is CC(=O)SCC(C)(C)COCC(C)(C(=O)OCc1ccccc1)c1cccc(C)c1. The van der Waals surface area contributed by atoms with Crippen LogP contribution in [0.25, 0.3) is 0 Å². The van der Waals surface area contributed by atoms with Gasteiger partial charge in [0.25, 0.3) is 0 Å². The van der Waals surface area contributed by atoms with Crippen LogP contribution in [0.3, 0.4) is 0 Å². The number of hydrogen-bond donors (Lipinski definition) is 0. The molecule has 2 rings (SSSR count). The lowest BCUT2D eigenvalue weighted by atomic mass is 9.82. The molecule has 5 heteroatoms. The molecule has 0 saturated carbocycles. The molecule has 2 aromatic rings. The standard InChI is InChI=1S/C25H32O4S/c1-19-10-9-13-22(14-19)25(5,17-28-16-24(3,4)18-30-20(2)26)23(27)29-15-21-11-7-6-8-12-21/h6-14H,15-18H2,1-5H3. The topological polar surface area (TPSA) is 52.6 Å². The first-order valence-electron chi connectivity index (χ1n) is 10.1. The summed E-state index contributed by atoms with van der Waals surface area (Å²) in [5.74, 6) is 0.356. The second-order valence-corrected chi connectivity index (χ2v) is 9.85. The van der Waals surface area contributed by atoms with Crippen molar-refractivity contribution >= 4 is 22.8 Å². The Kier molecular flexibility index (Phi) is 8.68. The van der Waals surface area contributed by atoms with Crippen molar-refractivity contribution in [3.8, 4) is 0 Å². The number of hydrogen-bond acceptors (Lipinski definition) is 5. The second-order valence-electron chi connectivity index (χ2n) is 8.70. The fourth-order valence-electron chi connectivity index (χ4n) is 3.00. The molecule has 0 N–H and O–H groups in total. The average Bonchev–Trinajstić information content (AvgIpc) is 2.71. The molecule has 2 aromatic carbocycles. The van der Waals surface area contributed by atoms with Crippen LogP contribution in [-0.4, -0.2) is 30.1 Å². The number of ether oxygens (including phenoxy) is 2. The first kappa shape index (κ1) is 24.2. The first-order valence-corrected chi connectivity index (χ1v) is 11.1. The molecule has 0 aliphatic rings. The van der Waals surface area contributed by atoms with E-state index in [1.807, 2.05) is 68.4 Å². The van der Waals surface area contributed by atoms with Gasteiger partial charge in [-0.25, -0.2) is 0 Å². The van der Waals surface area contributed by atoms with E-state index in [9.17, 15) is 9.59 Å². The van der Waals surface area contributed by atoms with Crippen LogP contribution in [0, 0.1) is 12.3 Å². The lowest BCUT2D eigenvalue weighted by Gasteiger charge is -2.30. The van der Waals surface area contributed by atoms with E-state index < -0.39 is 5.41 Å². The van der Waals surface area contributed by atoms with Gasteiger partial charge in [0, 0.05) is 12.7 Å². The molecule has 162 valence electrons. The highest BCUT2D eigenvalue weighted by Gasteiger charge is 2.38. The van der Waals surface area contributed by atoms with Gasteiger partial charge in [0.05, 0.1) is 13.2 Å². The van der Waals surface area contributed by atoms with Gasteiger partial charge in [-0.15, -0.1) is 0 Å². The molecule has 0 spiro atoms. The van der Waals surface area contributed by atoms with Gasteiger partial charge in [0.15, 0.2) is 5.12 Å². The molecular formula is C25H32O4S. The fraction of sp³-hybridized carbons (Fsp3) is 0.440. The van der Waals surface area contributed by atoms with Crippen molar-refractivity contribution in [2.45, 2.75) is 46.6 Å². The van der Waals surface area contributed by atoms with Gasteiger partial charge in [-0.3, -0.25) is 9.59 Å². The smallest absolute Gasteiger partial charge is 0.318 e. The Bertz CT molecular complexity index is 847. The molecule has 0 amide bonds. The first-order chi connectivity index (χ1) is 14.1. The molecule has 0 radical (unpaired) electrons. The summed E-state index contributed by atoms with van der Waals surface area (Å²) in [4.78, 5) is 24.4. The summed E-state index contributed by atoms with van der Waals surface area (Å²) in [5.41, 5.74) is 1.78. The molecule has 30 heavy (non-hydrogen) atoms. The van der Waals surface area contributed by atoms with Gasteiger partial charge in [-0.05, 0) is 30.4 Å². The molecule has 0 aromatic heterocycles. The number of carbonyl (C=O) groups is 2. The largest absolute Gasteiger partial charge is 0.460 e. The van der Waals surface area contributed by atoms with E-state index in [1.165, 1.54) is 11.8 Å². The quantitative estimate of drug-likeness (QED) is 0.480. The van der Waals surface area contributed by atoms with Gasteiger partial charge in [-0.1, -0.05) is 85.8 Å². The minimum atomic E-state index is -0.926. The Morgan fingerprint density at radius 3 is 2.30 bits per heavy atom. The number of carbonyl (C=O) groups excluding carboxylic acids is 2. The summed E-state index contributed by atoms with van der Waals surface area (Å²) in [6, 6.07) is 17.5. The van der Waals surface area contributed by atoms with Crippen LogP contribution in [0.4, 0.5) is 0 Å². The van der Waals surface area contributed by atoms with E-state index in [4.69, 9.17) is 9.47 Å². The van der Waals surface area contributed by atoms with Gasteiger partial charge < -0.3 is 9.47 Å². The van der Waals surface area contributed by atoms with E-state index in [1.54, 1.807) is 6.92 Å². The van der Waals surface area contributed by atoms with Gasteiger partial charge in [0.2, 0.25) is 0 Å². The lowest BCUT2D eigenvalue weighted by Crippen LogP contribution is -2.40. The number of aryl methyl sites for hydroxylation is 1. The highest BCUT2D eigenvalue weighted by Crippen LogP contribution is 2.29. The van der Waals surface area contributed by atoms with Crippen molar-refractivity contribution in [2.24, 2.45) is 5.41 Å². The summed E-state index contributed by atoms with van der Waals surface area (Å²) in [5, 5.41) is 0.0946. The summed E-state index contributed by atoms with van der Waals surface area (Å²) < 4.78 is 11.7. The number of thioether (sulfide) groups is 1. The minimum Gasteiger partial charge on any atom is -0.460 e. The third-order valence-electron chi connectivity index (χ3n) is 4.87. The summed E-state index contributed by atoms with van der Waals surface area (Å²) in [7, 11) is 0. The normalized spacial score (nSPS) is 13.5. The Balaban J connectivity index is 2.11. The van der Waals surface area contributed by atoms with Crippen molar-refractivity contribution < 1.29 is 19.1 Å². The predicted octanol–water partition coefficient (Wildman–Crippen LogP) is 5.32. The van der Waals surface area contributed by atoms with Crippen LogP contribution in [0.15, 0.2) is 54.6 Å². The lowest BCUT2D eigenvalue weighted by molar-refractivity contribution is -0.154. The number of benzene rings is 2. The Labute approximate surface area is 184 Å². The van der Waals surface area contributed by atoms with Crippen LogP contribution in [-0.2, 0) is 31.1 Å². The number of rotatable bonds is 10. The maximum atomic E-state index is 13.2. The minimum absolute atomic E-state index is 0.0946. The third kappa shape index (κ3) is 7.29. The van der Waals surface area contributed by atoms with Crippen LogP contribution < -0.4 is 0 Å². The highest BCUT2D eigenvalue weighted by molar-refractivity contribution is 8.13. The Hall–Kier alpha value is -2.11. The van der Waals surface area contributed by atoms with Crippen molar-refractivity contribution in [3.05, 3.63) is 71.3 Å². The van der Waals surface area contributed by atoms with E-state index in [0.717, 1.165) is 16.7 Å². The molecule has 0 fully saturated rings. The summed E-state index contributed by atoms with van der Waals surface area (Å²) >= 11 is 1.30. The van der Waals surface area contributed by atoms with Crippen LogP contribution in [0.1, 0.15) is 44.4 Å². The molecule has 4 nitrogen and oxygen atoms in total. The number of esters is 1. The van der Waals surface area contributed by atoms with E-state index >= 15 is 0 Å². The van der Waals surface area contributed by atoms with Crippen molar-refractivity contribution in [1.82, 2.24) is 0 Å². The molecular weight excluding hydrogens is 396 g/mol. The highest BCUT2D eigenvalue weighted by atomic mass is 32.2. The molecule has 0 saturated heterocycles. The van der Waals surface area contributed by atoms with E-state index in [-0.39, 0.29) is 29.7 Å². The molecule has 1 unspecified atom stereocenters. The molecule has 0 aliphatic carbocycles. The summed E-state index contributed by atoms with van der Waals surface area (Å²) in [6.45, 7) is 10.4. The van der Waals surface area contributed by atoms with Crippen LogP contribution >= 0.6 is 11.8 Å². The van der Waals surface area contributed by atoms with Crippen LogP contribution in [0.5, 0.6) is 0 Å².